The summed E-state index contributed by atoms with van der Waals surface area (Å²) in [5.74, 6) is -0.208. The number of aliphatic hydroxyl groups is 1. The van der Waals surface area contributed by atoms with Crippen LogP contribution in [0.2, 0.25) is 10.0 Å². The summed E-state index contributed by atoms with van der Waals surface area (Å²) in [6.07, 6.45) is 2.41. The van der Waals surface area contributed by atoms with Crippen LogP contribution in [0.3, 0.4) is 0 Å². The second-order valence-electron chi connectivity index (χ2n) is 8.04. The summed E-state index contributed by atoms with van der Waals surface area (Å²) in [6, 6.07) is 8.32. The number of aromatic nitrogens is 1. The second kappa shape index (κ2) is 10.7. The molecule has 1 fully saturated rings. The molecular weight excluding hydrogens is 489 g/mol. The number of sulfonamides is 1. The van der Waals surface area contributed by atoms with Crippen molar-refractivity contribution in [2.75, 3.05) is 39.9 Å². The number of piperidine rings is 1. The van der Waals surface area contributed by atoms with Crippen molar-refractivity contribution in [3.63, 3.8) is 0 Å². The zero-order chi connectivity index (χ0) is 24.2. The number of likely N-dealkylation sites (N-methyl/N-ethyl adjacent to an activating group) is 1. The van der Waals surface area contributed by atoms with Crippen molar-refractivity contribution in [3.8, 4) is 0 Å². The number of nitrogens with zero attached hydrogens (tertiary/aromatic N) is 3. The minimum absolute atomic E-state index is 0.000789. The van der Waals surface area contributed by atoms with E-state index < -0.39 is 15.6 Å². The molecule has 0 radical (unpaired) electrons. The smallest absolute Gasteiger partial charge is 0.248 e. The third-order valence-electron chi connectivity index (χ3n) is 5.72. The Hall–Kier alpha value is -1.75. The number of pyridine rings is 1. The van der Waals surface area contributed by atoms with Gasteiger partial charge in [-0.1, -0.05) is 29.3 Å². The van der Waals surface area contributed by atoms with E-state index in [9.17, 15) is 18.3 Å². The summed E-state index contributed by atoms with van der Waals surface area (Å²) in [6.45, 7) is 2.32. The van der Waals surface area contributed by atoms with Gasteiger partial charge in [-0.3, -0.25) is 9.78 Å². The molecule has 1 N–H and O–H groups in total. The third kappa shape index (κ3) is 6.03. The summed E-state index contributed by atoms with van der Waals surface area (Å²) in [5.41, 5.74) is 0.0108. The van der Waals surface area contributed by atoms with Gasteiger partial charge in [0, 0.05) is 37.9 Å². The number of likely N-dealkylation sites (tertiary alicyclic amines) is 1. The van der Waals surface area contributed by atoms with E-state index in [1.54, 1.807) is 30.2 Å². The maximum absolute atomic E-state index is 12.9. The molecule has 1 aromatic carbocycles. The molecule has 1 aromatic heterocycles. The van der Waals surface area contributed by atoms with Crippen molar-refractivity contribution < 1.29 is 23.1 Å². The number of amides is 1. The number of carbonyl (C=O) groups excluding carboxylic acids is 1. The van der Waals surface area contributed by atoms with Crippen LogP contribution >= 0.6 is 23.2 Å². The second-order valence-corrected chi connectivity index (χ2v) is 10.9. The highest BCUT2D eigenvalue weighted by atomic mass is 35.5. The quantitative estimate of drug-likeness (QED) is 0.542. The van der Waals surface area contributed by atoms with Gasteiger partial charge in [-0.25, -0.2) is 8.42 Å². The van der Waals surface area contributed by atoms with E-state index in [4.69, 9.17) is 27.9 Å². The highest BCUT2D eigenvalue weighted by molar-refractivity contribution is 7.89. The fraction of sp³-hybridized carbons (Fsp3) is 0.455. The van der Waals surface area contributed by atoms with Gasteiger partial charge in [0.25, 0.3) is 0 Å². The molecule has 1 aliphatic heterocycles. The standard InChI is InChI=1S/C22H27Cl2N3O5S/c1-16-13-17(23)14-18(24)21(16)33(30,31)26(2)11-12-32-15-20(28)27-9-6-22(29,7-10-27)19-5-3-4-8-25-19/h3-5,8,13-14,29H,6-7,9-12,15H2,1-2H3. The van der Waals surface area contributed by atoms with Crippen LogP contribution in [0.4, 0.5) is 0 Å². The first-order valence-electron chi connectivity index (χ1n) is 10.5. The number of halogens is 2. The number of benzene rings is 1. The van der Waals surface area contributed by atoms with Crippen molar-refractivity contribution >= 4 is 39.1 Å². The summed E-state index contributed by atoms with van der Waals surface area (Å²) >= 11 is 12.0. The monoisotopic (exact) mass is 515 g/mol. The number of rotatable bonds is 8. The molecule has 2 aromatic rings. The maximum Gasteiger partial charge on any atom is 0.248 e. The van der Waals surface area contributed by atoms with E-state index in [0.717, 1.165) is 4.31 Å². The lowest BCUT2D eigenvalue weighted by Crippen LogP contribution is -2.46. The minimum Gasteiger partial charge on any atom is -0.383 e. The van der Waals surface area contributed by atoms with Crippen LogP contribution in [0.5, 0.6) is 0 Å². The molecule has 11 heteroatoms. The molecule has 0 bridgehead atoms. The Morgan fingerprint density at radius 1 is 1.27 bits per heavy atom. The first-order chi connectivity index (χ1) is 15.5. The SMILES string of the molecule is Cc1cc(Cl)cc(Cl)c1S(=O)(=O)N(C)CCOCC(=O)N1CCC(O)(c2ccccn2)CC1. The zero-order valence-electron chi connectivity index (χ0n) is 18.5. The van der Waals surface area contributed by atoms with Gasteiger partial charge in [-0.2, -0.15) is 4.31 Å². The van der Waals surface area contributed by atoms with E-state index in [1.165, 1.54) is 19.2 Å². The number of hydrogen-bond acceptors (Lipinski definition) is 6. The highest BCUT2D eigenvalue weighted by Crippen LogP contribution is 2.32. The van der Waals surface area contributed by atoms with Gasteiger partial charge in [0.2, 0.25) is 15.9 Å². The van der Waals surface area contributed by atoms with E-state index in [0.29, 0.717) is 42.2 Å². The molecule has 1 saturated heterocycles. The highest BCUT2D eigenvalue weighted by Gasteiger charge is 2.36. The van der Waals surface area contributed by atoms with Gasteiger partial charge < -0.3 is 14.7 Å². The minimum atomic E-state index is -3.84. The molecule has 1 aliphatic rings. The van der Waals surface area contributed by atoms with Crippen LogP contribution in [-0.4, -0.2) is 73.5 Å². The number of hydrogen-bond donors (Lipinski definition) is 1. The fourth-order valence-electron chi connectivity index (χ4n) is 3.76. The van der Waals surface area contributed by atoms with Crippen molar-refractivity contribution in [1.82, 2.24) is 14.2 Å². The van der Waals surface area contributed by atoms with Crippen LogP contribution < -0.4 is 0 Å². The predicted octanol–water partition coefficient (Wildman–Crippen LogP) is 2.84. The predicted molar refractivity (Wildman–Crippen MR) is 126 cm³/mol. The molecule has 3 rings (SSSR count). The zero-order valence-corrected chi connectivity index (χ0v) is 20.8. The topological polar surface area (TPSA) is 100 Å². The van der Waals surface area contributed by atoms with E-state index >= 15 is 0 Å². The maximum atomic E-state index is 12.9. The summed E-state index contributed by atoms with van der Waals surface area (Å²) < 4.78 is 32.3. The third-order valence-corrected chi connectivity index (χ3v) is 8.41. The van der Waals surface area contributed by atoms with Gasteiger partial charge in [-0.15, -0.1) is 0 Å². The lowest BCUT2D eigenvalue weighted by molar-refractivity contribution is -0.140. The normalized spacial score (nSPS) is 16.2. The van der Waals surface area contributed by atoms with Crippen molar-refractivity contribution in [3.05, 3.63) is 57.8 Å². The average Bonchev–Trinajstić information content (AvgIpc) is 2.76. The Morgan fingerprint density at radius 2 is 1.97 bits per heavy atom. The van der Waals surface area contributed by atoms with Gasteiger partial charge >= 0.3 is 0 Å². The van der Waals surface area contributed by atoms with Crippen LogP contribution in [0.15, 0.2) is 41.4 Å². The lowest BCUT2D eigenvalue weighted by Gasteiger charge is -2.37. The Morgan fingerprint density at radius 3 is 2.58 bits per heavy atom. The summed E-state index contributed by atoms with van der Waals surface area (Å²) in [7, 11) is -2.42. The van der Waals surface area contributed by atoms with Gasteiger partial charge in [0.05, 0.1) is 17.3 Å². The van der Waals surface area contributed by atoms with Crippen molar-refractivity contribution in [1.29, 1.82) is 0 Å². The molecule has 0 atom stereocenters. The van der Waals surface area contributed by atoms with Gasteiger partial charge in [0.15, 0.2) is 0 Å². The Kier molecular flexibility index (Phi) is 8.36. The summed E-state index contributed by atoms with van der Waals surface area (Å²) in [4.78, 5) is 18.3. The molecule has 0 saturated carbocycles. The molecule has 0 aliphatic carbocycles. The van der Waals surface area contributed by atoms with E-state index in [2.05, 4.69) is 4.98 Å². The van der Waals surface area contributed by atoms with Gasteiger partial charge in [0.1, 0.15) is 17.1 Å². The van der Waals surface area contributed by atoms with Crippen LogP contribution in [-0.2, 0) is 25.2 Å². The average molecular weight is 516 g/mol. The first-order valence-corrected chi connectivity index (χ1v) is 12.7. The Balaban J connectivity index is 1.47. The molecule has 180 valence electrons. The largest absolute Gasteiger partial charge is 0.383 e. The lowest BCUT2D eigenvalue weighted by atomic mass is 9.88. The molecule has 0 spiro atoms. The van der Waals surface area contributed by atoms with Crippen LogP contribution in [0.1, 0.15) is 24.1 Å². The van der Waals surface area contributed by atoms with E-state index in [-0.39, 0.29) is 35.6 Å². The van der Waals surface area contributed by atoms with Crippen LogP contribution in [0.25, 0.3) is 0 Å². The number of carbonyl (C=O) groups is 1. The summed E-state index contributed by atoms with van der Waals surface area (Å²) in [5, 5.41) is 11.2. The number of ether oxygens (including phenoxy) is 1. The first kappa shape index (κ1) is 25.9. The molecule has 0 unspecified atom stereocenters. The molecule has 33 heavy (non-hydrogen) atoms. The van der Waals surface area contributed by atoms with Crippen LogP contribution in [0, 0.1) is 6.92 Å². The number of aryl methyl sites for hydroxylation is 1. The molecule has 8 nitrogen and oxygen atoms in total. The Labute approximate surface area is 204 Å². The molecule has 1 amide bonds. The van der Waals surface area contributed by atoms with Gasteiger partial charge in [-0.05, 0) is 49.6 Å². The van der Waals surface area contributed by atoms with E-state index in [1.807, 2.05) is 6.07 Å². The van der Waals surface area contributed by atoms with Crippen molar-refractivity contribution in [2.24, 2.45) is 0 Å². The molecule has 2 heterocycles. The van der Waals surface area contributed by atoms with Crippen molar-refractivity contribution in [2.45, 2.75) is 30.3 Å². The molecular formula is C22H27Cl2N3O5S. The Bertz CT molecular complexity index is 1070. The fourth-order valence-corrected chi connectivity index (χ4v) is 6.04.